The van der Waals surface area contributed by atoms with Gasteiger partial charge < -0.3 is 4.90 Å². The third-order valence-corrected chi connectivity index (χ3v) is 6.13. The first-order valence-corrected chi connectivity index (χ1v) is 10.3. The van der Waals surface area contributed by atoms with Gasteiger partial charge in [0.2, 0.25) is 0 Å². The maximum atomic E-state index is 12.6. The van der Waals surface area contributed by atoms with E-state index in [1.54, 1.807) is 33.1 Å². The molecule has 26 heavy (non-hydrogen) atoms. The molecule has 0 radical (unpaired) electrons. The van der Waals surface area contributed by atoms with Gasteiger partial charge in [0.1, 0.15) is 31.0 Å². The lowest BCUT2D eigenvalue weighted by Crippen LogP contribution is -3.08. The summed E-state index contributed by atoms with van der Waals surface area (Å²) in [4.78, 5) is 21.4. The van der Waals surface area contributed by atoms with Gasteiger partial charge in [0.15, 0.2) is 0 Å². The van der Waals surface area contributed by atoms with Crippen molar-refractivity contribution < 1.29 is 4.90 Å². The Hall–Kier alpha value is -2.28. The Bertz CT molecular complexity index is 1020. The van der Waals surface area contributed by atoms with Crippen LogP contribution in [0.4, 0.5) is 0 Å². The van der Waals surface area contributed by atoms with Crippen molar-refractivity contribution in [3.8, 4) is 0 Å². The molecule has 0 aliphatic carbocycles. The standard InChI is InChI=1S/C20H19N3OS2/c1-15-5-2-8-19-21-16(11-20(24)23(15)19)12-22(13-17-6-3-9-25-17)14-18-7-4-10-26-18/h2-11H,12-14H2,1H3/p+1. The van der Waals surface area contributed by atoms with Crippen LogP contribution in [-0.2, 0) is 19.6 Å². The molecule has 4 aromatic rings. The van der Waals surface area contributed by atoms with Gasteiger partial charge in [-0.05, 0) is 41.9 Å². The molecule has 1 N–H and O–H groups in total. The van der Waals surface area contributed by atoms with E-state index in [2.05, 4.69) is 35.0 Å². The van der Waals surface area contributed by atoms with Crippen LogP contribution in [0.3, 0.4) is 0 Å². The van der Waals surface area contributed by atoms with E-state index in [4.69, 9.17) is 4.98 Å². The number of aryl methyl sites for hydroxylation is 1. The number of quaternary nitrogens is 1. The molecule has 4 rings (SSSR count). The Morgan fingerprint density at radius 3 is 2.27 bits per heavy atom. The second-order valence-electron chi connectivity index (χ2n) is 6.39. The van der Waals surface area contributed by atoms with Gasteiger partial charge in [-0.2, -0.15) is 0 Å². The zero-order valence-corrected chi connectivity index (χ0v) is 16.1. The van der Waals surface area contributed by atoms with E-state index >= 15 is 0 Å². The van der Waals surface area contributed by atoms with Crippen molar-refractivity contribution in [2.45, 2.75) is 26.6 Å². The molecule has 0 aromatic carbocycles. The van der Waals surface area contributed by atoms with Crippen molar-refractivity contribution in [2.24, 2.45) is 0 Å². The van der Waals surface area contributed by atoms with Gasteiger partial charge in [0.05, 0.1) is 9.75 Å². The summed E-state index contributed by atoms with van der Waals surface area (Å²) in [6.07, 6.45) is 0. The number of nitrogens with one attached hydrogen (secondary N) is 1. The molecule has 0 aliphatic heterocycles. The molecule has 0 spiro atoms. The fraction of sp³-hybridized carbons (Fsp3) is 0.200. The molecule has 0 unspecified atom stereocenters. The average molecular weight is 383 g/mol. The van der Waals surface area contributed by atoms with E-state index in [9.17, 15) is 4.79 Å². The number of nitrogens with zero attached hydrogens (tertiary/aromatic N) is 2. The van der Waals surface area contributed by atoms with Crippen molar-refractivity contribution in [3.05, 3.63) is 90.8 Å². The highest BCUT2D eigenvalue weighted by Gasteiger charge is 2.15. The van der Waals surface area contributed by atoms with Crippen molar-refractivity contribution in [2.75, 3.05) is 0 Å². The highest BCUT2D eigenvalue weighted by Crippen LogP contribution is 2.10. The van der Waals surface area contributed by atoms with Crippen molar-refractivity contribution in [3.63, 3.8) is 0 Å². The number of thiophene rings is 2. The largest absolute Gasteiger partial charge is 0.321 e. The molecule has 0 aliphatic rings. The molecule has 6 heteroatoms. The zero-order valence-electron chi connectivity index (χ0n) is 14.5. The van der Waals surface area contributed by atoms with Gasteiger partial charge in [-0.1, -0.05) is 18.2 Å². The predicted molar refractivity (Wildman–Crippen MR) is 107 cm³/mol. The maximum absolute atomic E-state index is 12.6. The molecule has 0 saturated heterocycles. The lowest BCUT2D eigenvalue weighted by atomic mass is 10.3. The molecule has 4 aromatic heterocycles. The quantitative estimate of drug-likeness (QED) is 0.557. The number of hydrogen-bond donors (Lipinski definition) is 1. The summed E-state index contributed by atoms with van der Waals surface area (Å²) in [6.45, 7) is 4.53. The van der Waals surface area contributed by atoms with Crippen LogP contribution in [0.5, 0.6) is 0 Å². The lowest BCUT2D eigenvalue weighted by molar-refractivity contribution is -0.940. The van der Waals surface area contributed by atoms with Gasteiger partial charge in [0.25, 0.3) is 5.56 Å². The van der Waals surface area contributed by atoms with E-state index in [0.717, 1.165) is 36.7 Å². The minimum atomic E-state index is -0.00491. The zero-order chi connectivity index (χ0) is 17.9. The molecule has 0 bridgehead atoms. The number of hydrogen-bond acceptors (Lipinski definition) is 4. The number of pyridine rings is 1. The normalized spacial score (nSPS) is 11.5. The van der Waals surface area contributed by atoms with Gasteiger partial charge in [-0.3, -0.25) is 9.20 Å². The molecule has 0 fully saturated rings. The van der Waals surface area contributed by atoms with E-state index in [1.807, 2.05) is 25.1 Å². The Labute approximate surface area is 160 Å². The van der Waals surface area contributed by atoms with Crippen LogP contribution in [0, 0.1) is 6.92 Å². The molecule has 132 valence electrons. The van der Waals surface area contributed by atoms with Crippen LogP contribution in [-0.4, -0.2) is 9.38 Å². The molecule has 0 saturated carbocycles. The van der Waals surface area contributed by atoms with Crippen LogP contribution < -0.4 is 10.5 Å². The summed E-state index contributed by atoms with van der Waals surface area (Å²) in [5.41, 5.74) is 2.48. The second kappa shape index (κ2) is 7.53. The van der Waals surface area contributed by atoms with Gasteiger partial charge in [-0.15, -0.1) is 22.7 Å². The summed E-state index contributed by atoms with van der Waals surface area (Å²) in [5.74, 6) is 0. The topological polar surface area (TPSA) is 38.8 Å². The summed E-state index contributed by atoms with van der Waals surface area (Å²) in [7, 11) is 0. The summed E-state index contributed by atoms with van der Waals surface area (Å²) in [6, 6.07) is 16.0. The molecule has 4 heterocycles. The van der Waals surface area contributed by atoms with Crippen LogP contribution in [0.15, 0.2) is 64.1 Å². The Morgan fingerprint density at radius 1 is 0.962 bits per heavy atom. The van der Waals surface area contributed by atoms with E-state index in [0.29, 0.717) is 0 Å². The van der Waals surface area contributed by atoms with E-state index in [1.165, 1.54) is 14.7 Å². The highest BCUT2D eigenvalue weighted by atomic mass is 32.1. The third kappa shape index (κ3) is 3.77. The van der Waals surface area contributed by atoms with Crippen LogP contribution in [0.1, 0.15) is 21.1 Å². The summed E-state index contributed by atoms with van der Waals surface area (Å²) < 4.78 is 1.67. The van der Waals surface area contributed by atoms with Crippen molar-refractivity contribution in [1.29, 1.82) is 0 Å². The van der Waals surface area contributed by atoms with Gasteiger partial charge >= 0.3 is 0 Å². The summed E-state index contributed by atoms with van der Waals surface area (Å²) >= 11 is 3.56. The Morgan fingerprint density at radius 2 is 1.65 bits per heavy atom. The number of rotatable bonds is 6. The summed E-state index contributed by atoms with van der Waals surface area (Å²) in [5, 5.41) is 4.23. The van der Waals surface area contributed by atoms with Crippen LogP contribution in [0.25, 0.3) is 5.65 Å². The Balaban J connectivity index is 1.64. The van der Waals surface area contributed by atoms with Crippen molar-refractivity contribution in [1.82, 2.24) is 9.38 Å². The second-order valence-corrected chi connectivity index (χ2v) is 8.45. The molecule has 4 nitrogen and oxygen atoms in total. The highest BCUT2D eigenvalue weighted by molar-refractivity contribution is 7.10. The fourth-order valence-corrected chi connectivity index (χ4v) is 4.77. The van der Waals surface area contributed by atoms with E-state index < -0.39 is 0 Å². The van der Waals surface area contributed by atoms with Gasteiger partial charge in [0, 0.05) is 11.8 Å². The number of fused-ring (bicyclic) bond motifs is 1. The predicted octanol–water partition coefficient (Wildman–Crippen LogP) is 2.91. The molecular weight excluding hydrogens is 362 g/mol. The first kappa shape index (κ1) is 17.1. The average Bonchev–Trinajstić information content (AvgIpc) is 3.28. The van der Waals surface area contributed by atoms with Gasteiger partial charge in [-0.25, -0.2) is 4.98 Å². The third-order valence-electron chi connectivity index (χ3n) is 4.37. The fourth-order valence-electron chi connectivity index (χ4n) is 3.22. The van der Waals surface area contributed by atoms with Crippen molar-refractivity contribution >= 4 is 28.3 Å². The SMILES string of the molecule is Cc1cccc2nc(C[NH+](Cc3cccs3)Cc3cccs3)cc(=O)n12. The smallest absolute Gasteiger partial charge is 0.258 e. The molecular formula is C20H20N3OS2+. The molecule has 0 atom stereocenters. The van der Waals surface area contributed by atoms with Crippen LogP contribution in [0.2, 0.25) is 0 Å². The Kier molecular flexibility index (Phi) is 4.97. The minimum absolute atomic E-state index is 0.00491. The van der Waals surface area contributed by atoms with E-state index in [-0.39, 0.29) is 5.56 Å². The monoisotopic (exact) mass is 382 g/mol. The minimum Gasteiger partial charge on any atom is -0.321 e. The van der Waals surface area contributed by atoms with Crippen LogP contribution >= 0.6 is 22.7 Å². The first-order valence-electron chi connectivity index (χ1n) is 8.56. The first-order chi connectivity index (χ1) is 12.7. The maximum Gasteiger partial charge on any atom is 0.258 e. The molecule has 0 amide bonds. The lowest BCUT2D eigenvalue weighted by Gasteiger charge is -2.18. The number of aromatic nitrogens is 2.